The van der Waals surface area contributed by atoms with Crippen LogP contribution in [0.2, 0.25) is 0 Å². The third-order valence-corrected chi connectivity index (χ3v) is 1.76. The van der Waals surface area contributed by atoms with E-state index in [2.05, 4.69) is 0 Å². The van der Waals surface area contributed by atoms with Crippen LogP contribution < -0.4 is 28.7 Å². The summed E-state index contributed by atoms with van der Waals surface area (Å²) in [6.45, 7) is 2.73. The molecule has 0 amide bonds. The number of carbonyl (C=O) groups is 1. The van der Waals surface area contributed by atoms with Crippen molar-refractivity contribution < 1.29 is 33.5 Å². The maximum absolute atomic E-state index is 10.2. The van der Waals surface area contributed by atoms with E-state index >= 15 is 0 Å². The first-order valence-electron chi connectivity index (χ1n) is 4.84. The number of ether oxygens (including phenoxy) is 1. The Labute approximate surface area is 107 Å². The molecule has 0 aliphatic rings. The monoisotopic (exact) mass is 212 g/mol. The topological polar surface area (TPSA) is 49.4 Å². The molecule has 0 spiro atoms. The van der Waals surface area contributed by atoms with Gasteiger partial charge >= 0.3 is 18.9 Å². The van der Waals surface area contributed by atoms with E-state index in [0.717, 1.165) is 23.8 Å². The molecule has 0 atom stereocenters. The summed E-state index contributed by atoms with van der Waals surface area (Å²) in [5, 5.41) is 10.2. The van der Waals surface area contributed by atoms with E-state index in [-0.39, 0.29) is 18.9 Å². The molecule has 1 rings (SSSR count). The molecule has 0 heterocycles. The SMILES string of the molecule is CCCOc1ccc(/C=C/C(=O)[O-])cc1.[Li+]. The number of hydrogen-bond donors (Lipinski definition) is 0. The molecule has 0 aliphatic heterocycles. The van der Waals surface area contributed by atoms with Crippen molar-refractivity contribution in [1.29, 1.82) is 0 Å². The molecule has 0 radical (unpaired) electrons. The zero-order valence-electron chi connectivity index (χ0n) is 9.60. The van der Waals surface area contributed by atoms with Crippen LogP contribution in [-0.4, -0.2) is 12.6 Å². The standard InChI is InChI=1S/C12H14O3.Li/c1-2-9-15-11-6-3-10(4-7-11)5-8-12(13)14;/h3-8H,2,9H2,1H3,(H,13,14);/q;+1/p-1/b8-5+;. The Hall–Kier alpha value is -1.17. The summed E-state index contributed by atoms with van der Waals surface area (Å²) in [5.74, 6) is -0.399. The molecule has 0 aromatic heterocycles. The molecular formula is C12H13LiO3. The minimum atomic E-state index is -1.19. The molecule has 16 heavy (non-hydrogen) atoms. The van der Waals surface area contributed by atoms with Gasteiger partial charge in [0.05, 0.1) is 12.6 Å². The largest absolute Gasteiger partial charge is 1.00 e. The van der Waals surface area contributed by atoms with Gasteiger partial charge in [-0.1, -0.05) is 25.1 Å². The predicted molar refractivity (Wildman–Crippen MR) is 56.3 cm³/mol. The van der Waals surface area contributed by atoms with E-state index in [1.54, 1.807) is 12.1 Å². The number of carboxylic acid groups (broad SMARTS) is 1. The van der Waals surface area contributed by atoms with Gasteiger partial charge in [-0.2, -0.15) is 0 Å². The van der Waals surface area contributed by atoms with Crippen LogP contribution in [0.15, 0.2) is 30.3 Å². The molecule has 80 valence electrons. The van der Waals surface area contributed by atoms with Gasteiger partial charge in [0.15, 0.2) is 0 Å². The molecule has 0 bridgehead atoms. The van der Waals surface area contributed by atoms with Crippen molar-refractivity contribution >= 4 is 12.0 Å². The summed E-state index contributed by atoms with van der Waals surface area (Å²) in [6.07, 6.45) is 3.45. The Morgan fingerprint density at radius 1 is 1.38 bits per heavy atom. The van der Waals surface area contributed by atoms with Crippen molar-refractivity contribution in [3.8, 4) is 5.75 Å². The zero-order valence-corrected chi connectivity index (χ0v) is 9.60. The number of carboxylic acids is 1. The summed E-state index contributed by atoms with van der Waals surface area (Å²) >= 11 is 0. The Morgan fingerprint density at radius 2 is 2.00 bits per heavy atom. The summed E-state index contributed by atoms with van der Waals surface area (Å²) in [7, 11) is 0. The quantitative estimate of drug-likeness (QED) is 0.429. The van der Waals surface area contributed by atoms with Crippen LogP contribution in [0.5, 0.6) is 5.75 Å². The van der Waals surface area contributed by atoms with Crippen molar-refractivity contribution in [2.24, 2.45) is 0 Å². The van der Waals surface area contributed by atoms with Crippen molar-refractivity contribution in [3.63, 3.8) is 0 Å². The van der Waals surface area contributed by atoms with E-state index < -0.39 is 5.97 Å². The summed E-state index contributed by atoms with van der Waals surface area (Å²) in [5.41, 5.74) is 0.808. The number of benzene rings is 1. The average Bonchev–Trinajstić information content (AvgIpc) is 2.25. The summed E-state index contributed by atoms with van der Waals surface area (Å²) in [6, 6.07) is 7.21. The van der Waals surface area contributed by atoms with Crippen LogP contribution in [-0.2, 0) is 4.79 Å². The van der Waals surface area contributed by atoms with Gasteiger partial charge in [0.1, 0.15) is 5.75 Å². The van der Waals surface area contributed by atoms with Gasteiger partial charge in [-0.3, -0.25) is 0 Å². The summed E-state index contributed by atoms with van der Waals surface area (Å²) < 4.78 is 5.38. The minimum Gasteiger partial charge on any atom is -0.545 e. The first-order chi connectivity index (χ1) is 7.22. The Kier molecular flexibility index (Phi) is 7.45. The molecule has 0 saturated carbocycles. The van der Waals surface area contributed by atoms with Gasteiger partial charge in [0.25, 0.3) is 0 Å². The number of rotatable bonds is 5. The van der Waals surface area contributed by atoms with E-state index in [4.69, 9.17) is 4.74 Å². The number of hydrogen-bond acceptors (Lipinski definition) is 3. The molecule has 3 nitrogen and oxygen atoms in total. The van der Waals surface area contributed by atoms with Crippen LogP contribution in [0.25, 0.3) is 6.08 Å². The maximum atomic E-state index is 10.2. The normalized spacial score (nSPS) is 9.81. The van der Waals surface area contributed by atoms with Crippen molar-refractivity contribution in [3.05, 3.63) is 35.9 Å². The Bertz CT molecular complexity index is 344. The first-order valence-corrected chi connectivity index (χ1v) is 4.84. The second-order valence-corrected chi connectivity index (χ2v) is 3.07. The average molecular weight is 212 g/mol. The number of aliphatic carboxylic acids is 1. The van der Waals surface area contributed by atoms with Crippen molar-refractivity contribution in [2.75, 3.05) is 6.61 Å². The van der Waals surface area contributed by atoms with E-state index in [9.17, 15) is 9.90 Å². The molecule has 0 saturated heterocycles. The molecule has 0 N–H and O–H groups in total. The number of carbonyl (C=O) groups excluding carboxylic acids is 1. The molecule has 4 heteroatoms. The van der Waals surface area contributed by atoms with Gasteiger partial charge < -0.3 is 14.6 Å². The molecule has 0 aliphatic carbocycles. The van der Waals surface area contributed by atoms with Crippen LogP contribution >= 0.6 is 0 Å². The fourth-order valence-electron chi connectivity index (χ4n) is 1.06. The molecule has 1 aromatic rings. The van der Waals surface area contributed by atoms with Crippen LogP contribution in [0.1, 0.15) is 18.9 Å². The minimum absolute atomic E-state index is 0. The molecular weight excluding hydrogens is 199 g/mol. The van der Waals surface area contributed by atoms with Crippen LogP contribution in [0, 0.1) is 0 Å². The van der Waals surface area contributed by atoms with E-state index in [1.165, 1.54) is 6.08 Å². The fraction of sp³-hybridized carbons (Fsp3) is 0.250. The van der Waals surface area contributed by atoms with Gasteiger partial charge in [-0.15, -0.1) is 0 Å². The predicted octanol–water partition coefficient (Wildman–Crippen LogP) is -1.76. The summed E-state index contributed by atoms with van der Waals surface area (Å²) in [4.78, 5) is 10.2. The Morgan fingerprint density at radius 3 is 2.50 bits per heavy atom. The second-order valence-electron chi connectivity index (χ2n) is 3.07. The van der Waals surface area contributed by atoms with Gasteiger partial charge in [-0.05, 0) is 30.2 Å². The van der Waals surface area contributed by atoms with Gasteiger partial charge in [0.2, 0.25) is 0 Å². The Balaban J connectivity index is 0.00000225. The third-order valence-electron chi connectivity index (χ3n) is 1.76. The third kappa shape index (κ3) is 5.65. The molecule has 0 unspecified atom stereocenters. The zero-order chi connectivity index (χ0) is 11.1. The second kappa shape index (κ2) is 8.03. The smallest absolute Gasteiger partial charge is 0.545 e. The van der Waals surface area contributed by atoms with Crippen LogP contribution in [0.3, 0.4) is 0 Å². The van der Waals surface area contributed by atoms with Gasteiger partial charge in [0, 0.05) is 0 Å². The van der Waals surface area contributed by atoms with Crippen LogP contribution in [0.4, 0.5) is 0 Å². The first kappa shape index (κ1) is 14.8. The molecule has 0 fully saturated rings. The van der Waals surface area contributed by atoms with Crippen molar-refractivity contribution in [1.82, 2.24) is 0 Å². The fourth-order valence-corrected chi connectivity index (χ4v) is 1.06. The maximum Gasteiger partial charge on any atom is 1.00 e. The van der Waals surface area contributed by atoms with E-state index in [0.29, 0.717) is 6.61 Å². The van der Waals surface area contributed by atoms with Gasteiger partial charge in [-0.25, -0.2) is 0 Å². The van der Waals surface area contributed by atoms with E-state index in [1.807, 2.05) is 19.1 Å². The van der Waals surface area contributed by atoms with Crippen molar-refractivity contribution in [2.45, 2.75) is 13.3 Å². The molecule has 1 aromatic carbocycles.